The highest BCUT2D eigenvalue weighted by atomic mass is 15.2. The Kier molecular flexibility index (Phi) is 3.15. The molecule has 1 aromatic rings. The first-order valence-electron chi connectivity index (χ1n) is 6.06. The summed E-state index contributed by atoms with van der Waals surface area (Å²) in [5.41, 5.74) is 7.14. The topological polar surface area (TPSA) is 42.1 Å². The Morgan fingerprint density at radius 2 is 2.06 bits per heavy atom. The van der Waals surface area contributed by atoms with Gasteiger partial charge in [-0.3, -0.25) is 0 Å². The van der Waals surface area contributed by atoms with Crippen LogP contribution < -0.4 is 10.6 Å². The number of nitrogens with zero attached hydrogens (tertiary/aromatic N) is 2. The lowest BCUT2D eigenvalue weighted by molar-refractivity contribution is 0.536. The maximum atomic E-state index is 5.86. The molecule has 1 aromatic heterocycles. The molecule has 1 saturated heterocycles. The molecular formula is C13H21N3. The van der Waals surface area contributed by atoms with Crippen molar-refractivity contribution in [2.75, 3.05) is 24.5 Å². The van der Waals surface area contributed by atoms with Crippen molar-refractivity contribution in [2.24, 2.45) is 5.73 Å². The number of anilines is 1. The number of hydrogen-bond donors (Lipinski definition) is 1. The molecule has 0 saturated carbocycles. The van der Waals surface area contributed by atoms with Crippen LogP contribution >= 0.6 is 0 Å². The van der Waals surface area contributed by atoms with Crippen molar-refractivity contribution in [3.05, 3.63) is 23.9 Å². The maximum absolute atomic E-state index is 5.86. The van der Waals surface area contributed by atoms with Crippen LogP contribution in [0.1, 0.15) is 32.3 Å². The van der Waals surface area contributed by atoms with Crippen LogP contribution in [0.25, 0.3) is 0 Å². The van der Waals surface area contributed by atoms with Gasteiger partial charge in [-0.1, -0.05) is 19.9 Å². The Hall–Kier alpha value is -1.09. The Bertz CT molecular complexity index is 354. The van der Waals surface area contributed by atoms with Crippen LogP contribution in [-0.2, 0) is 5.41 Å². The molecule has 3 heteroatoms. The molecule has 16 heavy (non-hydrogen) atoms. The van der Waals surface area contributed by atoms with Gasteiger partial charge < -0.3 is 10.6 Å². The molecule has 0 spiro atoms. The average Bonchev–Trinajstić information content (AvgIpc) is 2.82. The summed E-state index contributed by atoms with van der Waals surface area (Å²) in [6, 6.07) is 4.17. The first kappa shape index (κ1) is 11.4. The predicted molar refractivity (Wildman–Crippen MR) is 67.8 cm³/mol. The lowest BCUT2D eigenvalue weighted by atomic mass is 9.85. The van der Waals surface area contributed by atoms with Gasteiger partial charge in [0.1, 0.15) is 5.82 Å². The SMILES string of the molecule is CC(C)(CN)c1cccnc1N1CCCC1. The summed E-state index contributed by atoms with van der Waals surface area (Å²) in [5.74, 6) is 1.13. The predicted octanol–water partition coefficient (Wildman–Crippen LogP) is 1.92. The number of aromatic nitrogens is 1. The van der Waals surface area contributed by atoms with Crippen LogP contribution in [0.15, 0.2) is 18.3 Å². The number of rotatable bonds is 3. The van der Waals surface area contributed by atoms with Crippen LogP contribution in [0.5, 0.6) is 0 Å². The Morgan fingerprint density at radius 1 is 1.38 bits per heavy atom. The molecule has 2 heterocycles. The van der Waals surface area contributed by atoms with Gasteiger partial charge in [0.15, 0.2) is 0 Å². The Balaban J connectivity index is 2.37. The highest BCUT2D eigenvalue weighted by Crippen LogP contribution is 2.31. The highest BCUT2D eigenvalue weighted by molar-refractivity contribution is 5.51. The minimum Gasteiger partial charge on any atom is -0.356 e. The van der Waals surface area contributed by atoms with Gasteiger partial charge in [0.05, 0.1) is 0 Å². The summed E-state index contributed by atoms with van der Waals surface area (Å²) >= 11 is 0. The quantitative estimate of drug-likeness (QED) is 0.844. The second-order valence-corrected chi connectivity index (χ2v) is 5.16. The standard InChI is InChI=1S/C13H21N3/c1-13(2,10-14)11-6-5-7-15-12(11)16-8-3-4-9-16/h5-7H,3-4,8-10,14H2,1-2H3. The number of nitrogens with two attached hydrogens (primary N) is 1. The molecule has 3 nitrogen and oxygen atoms in total. The lowest BCUT2D eigenvalue weighted by Crippen LogP contribution is -2.32. The molecule has 1 aliphatic rings. The van der Waals surface area contributed by atoms with Gasteiger partial charge in [0.2, 0.25) is 0 Å². The summed E-state index contributed by atoms with van der Waals surface area (Å²) < 4.78 is 0. The first-order valence-corrected chi connectivity index (χ1v) is 6.06. The molecular weight excluding hydrogens is 198 g/mol. The molecule has 0 atom stereocenters. The fourth-order valence-corrected chi connectivity index (χ4v) is 2.22. The van der Waals surface area contributed by atoms with Crippen molar-refractivity contribution in [2.45, 2.75) is 32.1 Å². The first-order chi connectivity index (χ1) is 7.65. The van der Waals surface area contributed by atoms with E-state index >= 15 is 0 Å². The zero-order chi connectivity index (χ0) is 11.6. The molecule has 0 aromatic carbocycles. The van der Waals surface area contributed by atoms with Gasteiger partial charge in [-0.05, 0) is 18.9 Å². The van der Waals surface area contributed by atoms with E-state index in [-0.39, 0.29) is 5.41 Å². The van der Waals surface area contributed by atoms with Crippen LogP contribution in [0.4, 0.5) is 5.82 Å². The summed E-state index contributed by atoms with van der Waals surface area (Å²) in [5, 5.41) is 0. The third kappa shape index (κ3) is 2.05. The fraction of sp³-hybridized carbons (Fsp3) is 0.615. The van der Waals surface area contributed by atoms with E-state index < -0.39 is 0 Å². The van der Waals surface area contributed by atoms with Gasteiger partial charge in [-0.15, -0.1) is 0 Å². The Morgan fingerprint density at radius 3 is 2.69 bits per heavy atom. The summed E-state index contributed by atoms with van der Waals surface area (Å²) in [6.45, 7) is 7.28. The van der Waals surface area contributed by atoms with E-state index in [1.54, 1.807) is 0 Å². The monoisotopic (exact) mass is 219 g/mol. The average molecular weight is 219 g/mol. The van der Waals surface area contributed by atoms with Crippen LogP contribution in [0.3, 0.4) is 0 Å². The third-order valence-corrected chi connectivity index (χ3v) is 3.43. The van der Waals surface area contributed by atoms with E-state index in [9.17, 15) is 0 Å². The largest absolute Gasteiger partial charge is 0.356 e. The molecule has 88 valence electrons. The van der Waals surface area contributed by atoms with E-state index in [1.165, 1.54) is 18.4 Å². The van der Waals surface area contributed by atoms with E-state index in [0.29, 0.717) is 6.54 Å². The van der Waals surface area contributed by atoms with Crippen molar-refractivity contribution in [3.63, 3.8) is 0 Å². The number of pyridine rings is 1. The van der Waals surface area contributed by atoms with Gasteiger partial charge in [0.25, 0.3) is 0 Å². The van der Waals surface area contributed by atoms with Crippen molar-refractivity contribution in [3.8, 4) is 0 Å². The van der Waals surface area contributed by atoms with E-state index in [2.05, 4.69) is 29.8 Å². The van der Waals surface area contributed by atoms with E-state index in [0.717, 1.165) is 18.9 Å². The van der Waals surface area contributed by atoms with Crippen molar-refractivity contribution in [1.29, 1.82) is 0 Å². The normalized spacial score (nSPS) is 16.8. The minimum absolute atomic E-state index is 0.00613. The zero-order valence-corrected chi connectivity index (χ0v) is 10.2. The molecule has 0 radical (unpaired) electrons. The second-order valence-electron chi connectivity index (χ2n) is 5.16. The van der Waals surface area contributed by atoms with E-state index in [1.807, 2.05) is 12.3 Å². The van der Waals surface area contributed by atoms with Crippen molar-refractivity contribution >= 4 is 5.82 Å². The maximum Gasteiger partial charge on any atom is 0.132 e. The molecule has 2 rings (SSSR count). The molecule has 0 aliphatic carbocycles. The van der Waals surface area contributed by atoms with Crippen molar-refractivity contribution in [1.82, 2.24) is 4.98 Å². The number of hydrogen-bond acceptors (Lipinski definition) is 3. The smallest absolute Gasteiger partial charge is 0.132 e. The van der Waals surface area contributed by atoms with Gasteiger partial charge in [-0.25, -0.2) is 4.98 Å². The molecule has 1 aliphatic heterocycles. The highest BCUT2D eigenvalue weighted by Gasteiger charge is 2.26. The molecule has 0 bridgehead atoms. The molecule has 0 unspecified atom stereocenters. The molecule has 1 fully saturated rings. The summed E-state index contributed by atoms with van der Waals surface area (Å²) in [4.78, 5) is 6.93. The van der Waals surface area contributed by atoms with Gasteiger partial charge in [0, 0.05) is 36.8 Å². The fourth-order valence-electron chi connectivity index (χ4n) is 2.22. The van der Waals surface area contributed by atoms with Gasteiger partial charge in [-0.2, -0.15) is 0 Å². The van der Waals surface area contributed by atoms with Crippen molar-refractivity contribution < 1.29 is 0 Å². The second kappa shape index (κ2) is 4.42. The molecule has 0 amide bonds. The van der Waals surface area contributed by atoms with Crippen LogP contribution in [0, 0.1) is 0 Å². The van der Waals surface area contributed by atoms with Crippen LogP contribution in [-0.4, -0.2) is 24.6 Å². The zero-order valence-electron chi connectivity index (χ0n) is 10.2. The summed E-state index contributed by atoms with van der Waals surface area (Å²) in [6.07, 6.45) is 4.43. The lowest BCUT2D eigenvalue weighted by Gasteiger charge is -2.29. The third-order valence-electron chi connectivity index (χ3n) is 3.43. The summed E-state index contributed by atoms with van der Waals surface area (Å²) in [7, 11) is 0. The minimum atomic E-state index is 0.00613. The van der Waals surface area contributed by atoms with Gasteiger partial charge >= 0.3 is 0 Å². The van der Waals surface area contributed by atoms with Crippen LogP contribution in [0.2, 0.25) is 0 Å². The van der Waals surface area contributed by atoms with E-state index in [4.69, 9.17) is 5.73 Å². The Labute approximate surface area is 97.7 Å². The molecule has 2 N–H and O–H groups in total.